The van der Waals surface area contributed by atoms with Crippen LogP contribution in [-0.2, 0) is 0 Å². The predicted octanol–water partition coefficient (Wildman–Crippen LogP) is 4.42. The minimum absolute atomic E-state index is 0.931. The first-order valence-corrected chi connectivity index (χ1v) is 4.61. The Bertz CT molecular complexity index is 262. The van der Waals surface area contributed by atoms with Crippen LogP contribution in [0, 0.1) is 0 Å². The number of hydrogen-bond donors (Lipinski definition) is 0. The molecule has 0 spiro atoms. The first-order chi connectivity index (χ1) is 5.97. The number of hydrogen-bond acceptors (Lipinski definition) is 0. The molecule has 0 aliphatic heterocycles. The standard InChI is InChI=1S/C13H20/c1-7-12(6)9-13(11(4)5)8-10(2)3/h7,9H,2,4,8H2,1,3,5-6H3/b12-7-,13-9-. The van der Waals surface area contributed by atoms with E-state index >= 15 is 0 Å². The monoisotopic (exact) mass is 176 g/mol. The number of rotatable bonds is 4. The predicted molar refractivity (Wildman–Crippen MR) is 61.8 cm³/mol. The Kier molecular flexibility index (Phi) is 5.13. The first-order valence-electron chi connectivity index (χ1n) is 4.61. The van der Waals surface area contributed by atoms with Crippen LogP contribution in [0.1, 0.15) is 34.1 Å². The van der Waals surface area contributed by atoms with Crippen molar-refractivity contribution in [3.8, 4) is 0 Å². The molecule has 0 N–H and O–H groups in total. The Morgan fingerprint density at radius 2 is 1.69 bits per heavy atom. The van der Waals surface area contributed by atoms with Gasteiger partial charge in [0, 0.05) is 0 Å². The van der Waals surface area contributed by atoms with Crippen LogP contribution in [0.25, 0.3) is 0 Å². The lowest BCUT2D eigenvalue weighted by molar-refractivity contribution is 1.12. The van der Waals surface area contributed by atoms with Crippen LogP contribution in [-0.4, -0.2) is 0 Å². The summed E-state index contributed by atoms with van der Waals surface area (Å²) in [5.74, 6) is 0. The van der Waals surface area contributed by atoms with Gasteiger partial charge in [0.15, 0.2) is 0 Å². The molecule has 0 aliphatic rings. The van der Waals surface area contributed by atoms with Crippen molar-refractivity contribution in [3.63, 3.8) is 0 Å². The molecule has 72 valence electrons. The van der Waals surface area contributed by atoms with Crippen molar-refractivity contribution in [1.82, 2.24) is 0 Å². The minimum atomic E-state index is 0.931. The van der Waals surface area contributed by atoms with Crippen molar-refractivity contribution in [1.29, 1.82) is 0 Å². The van der Waals surface area contributed by atoms with Gasteiger partial charge in [-0.05, 0) is 39.7 Å². The molecule has 0 saturated carbocycles. The molecule has 0 radical (unpaired) electrons. The summed E-state index contributed by atoms with van der Waals surface area (Å²) in [4.78, 5) is 0. The van der Waals surface area contributed by atoms with Crippen LogP contribution >= 0.6 is 0 Å². The van der Waals surface area contributed by atoms with Gasteiger partial charge in [-0.1, -0.05) is 42.0 Å². The quantitative estimate of drug-likeness (QED) is 0.439. The summed E-state index contributed by atoms with van der Waals surface area (Å²) < 4.78 is 0. The Morgan fingerprint density at radius 1 is 1.15 bits per heavy atom. The molecule has 0 heteroatoms. The SMILES string of the molecule is C=C(C)C/C(=C/C(C)=C\C)C(=C)C. The molecule has 0 atom stereocenters. The van der Waals surface area contributed by atoms with E-state index in [9.17, 15) is 0 Å². The van der Waals surface area contributed by atoms with Gasteiger partial charge in [-0.3, -0.25) is 0 Å². The smallest absolute Gasteiger partial charge is 0.00701 e. The lowest BCUT2D eigenvalue weighted by atomic mass is 9.99. The van der Waals surface area contributed by atoms with E-state index in [1.807, 2.05) is 20.8 Å². The van der Waals surface area contributed by atoms with E-state index in [-0.39, 0.29) is 0 Å². The molecule has 0 aromatic carbocycles. The first kappa shape index (κ1) is 12.0. The third kappa shape index (κ3) is 5.24. The van der Waals surface area contributed by atoms with Crippen LogP contribution in [0.2, 0.25) is 0 Å². The van der Waals surface area contributed by atoms with Crippen molar-refractivity contribution >= 4 is 0 Å². The maximum atomic E-state index is 3.96. The van der Waals surface area contributed by atoms with E-state index in [1.54, 1.807) is 0 Å². The van der Waals surface area contributed by atoms with Crippen LogP contribution < -0.4 is 0 Å². The Morgan fingerprint density at radius 3 is 2.00 bits per heavy atom. The van der Waals surface area contributed by atoms with E-state index < -0.39 is 0 Å². The fourth-order valence-electron chi connectivity index (χ4n) is 1.01. The average Bonchev–Trinajstić information content (AvgIpc) is 2.02. The van der Waals surface area contributed by atoms with Crippen LogP contribution in [0.3, 0.4) is 0 Å². The van der Waals surface area contributed by atoms with E-state index in [4.69, 9.17) is 0 Å². The molecular weight excluding hydrogens is 156 g/mol. The molecule has 0 rings (SSSR count). The second kappa shape index (κ2) is 5.58. The minimum Gasteiger partial charge on any atom is -0.0998 e. The highest BCUT2D eigenvalue weighted by Crippen LogP contribution is 2.18. The third-order valence-corrected chi connectivity index (χ3v) is 1.90. The zero-order valence-electron chi connectivity index (χ0n) is 9.28. The van der Waals surface area contributed by atoms with Gasteiger partial charge in [0.25, 0.3) is 0 Å². The maximum absolute atomic E-state index is 3.96. The van der Waals surface area contributed by atoms with Crippen molar-refractivity contribution in [3.05, 3.63) is 47.6 Å². The van der Waals surface area contributed by atoms with Gasteiger partial charge >= 0.3 is 0 Å². The Balaban J connectivity index is 4.70. The lowest BCUT2D eigenvalue weighted by Crippen LogP contribution is -1.86. The Labute approximate surface area is 82.4 Å². The molecule has 0 unspecified atom stereocenters. The highest BCUT2D eigenvalue weighted by atomic mass is 14.0. The summed E-state index contributed by atoms with van der Waals surface area (Å²) in [7, 11) is 0. The van der Waals surface area contributed by atoms with Crippen LogP contribution in [0.15, 0.2) is 47.6 Å². The zero-order chi connectivity index (χ0) is 10.4. The van der Waals surface area contributed by atoms with Gasteiger partial charge < -0.3 is 0 Å². The summed E-state index contributed by atoms with van der Waals surface area (Å²) in [5.41, 5.74) is 4.87. The van der Waals surface area contributed by atoms with Crippen molar-refractivity contribution in [2.75, 3.05) is 0 Å². The molecule has 0 aromatic rings. The van der Waals surface area contributed by atoms with E-state index in [0.717, 1.165) is 12.0 Å². The molecule has 0 aromatic heterocycles. The summed E-state index contributed by atoms with van der Waals surface area (Å²) >= 11 is 0. The zero-order valence-corrected chi connectivity index (χ0v) is 9.28. The summed E-state index contributed by atoms with van der Waals surface area (Å²) in [6.07, 6.45) is 5.21. The molecular formula is C13H20. The van der Waals surface area contributed by atoms with Crippen molar-refractivity contribution in [2.24, 2.45) is 0 Å². The van der Waals surface area contributed by atoms with Gasteiger partial charge in [0.2, 0.25) is 0 Å². The molecule has 0 aliphatic carbocycles. The van der Waals surface area contributed by atoms with Crippen molar-refractivity contribution in [2.45, 2.75) is 34.1 Å². The maximum Gasteiger partial charge on any atom is -0.00701 e. The van der Waals surface area contributed by atoms with Crippen LogP contribution in [0.4, 0.5) is 0 Å². The normalized spacial score (nSPS) is 12.9. The van der Waals surface area contributed by atoms with Gasteiger partial charge in [0.05, 0.1) is 0 Å². The molecule has 13 heavy (non-hydrogen) atoms. The van der Waals surface area contributed by atoms with Gasteiger partial charge in [-0.2, -0.15) is 0 Å². The third-order valence-electron chi connectivity index (χ3n) is 1.90. The van der Waals surface area contributed by atoms with Gasteiger partial charge in [-0.15, -0.1) is 0 Å². The summed E-state index contributed by atoms with van der Waals surface area (Å²) in [6, 6.07) is 0. The second-order valence-corrected chi connectivity index (χ2v) is 3.62. The lowest BCUT2D eigenvalue weighted by Gasteiger charge is -2.06. The van der Waals surface area contributed by atoms with E-state index in [2.05, 4.69) is 32.2 Å². The second-order valence-electron chi connectivity index (χ2n) is 3.62. The average molecular weight is 176 g/mol. The molecule has 0 heterocycles. The highest BCUT2D eigenvalue weighted by Gasteiger charge is 1.98. The molecule has 0 nitrogen and oxygen atoms in total. The fourth-order valence-corrected chi connectivity index (χ4v) is 1.01. The van der Waals surface area contributed by atoms with Crippen molar-refractivity contribution < 1.29 is 0 Å². The van der Waals surface area contributed by atoms with E-state index in [0.29, 0.717) is 0 Å². The molecule has 0 saturated heterocycles. The van der Waals surface area contributed by atoms with E-state index in [1.165, 1.54) is 16.7 Å². The topological polar surface area (TPSA) is 0 Å². The Hall–Kier alpha value is -1.04. The fraction of sp³-hybridized carbons (Fsp3) is 0.385. The van der Waals surface area contributed by atoms with Gasteiger partial charge in [0.1, 0.15) is 0 Å². The van der Waals surface area contributed by atoms with Crippen LogP contribution in [0.5, 0.6) is 0 Å². The van der Waals surface area contributed by atoms with Gasteiger partial charge in [-0.25, -0.2) is 0 Å². The molecule has 0 fully saturated rings. The number of allylic oxidation sites excluding steroid dienone is 6. The largest absolute Gasteiger partial charge is 0.0998 e. The summed E-state index contributed by atoms with van der Waals surface area (Å²) in [5, 5.41) is 0. The summed E-state index contributed by atoms with van der Waals surface area (Å²) in [6.45, 7) is 16.1. The highest BCUT2D eigenvalue weighted by molar-refractivity contribution is 5.36. The molecule has 0 amide bonds. The molecule has 0 bridgehead atoms.